The van der Waals surface area contributed by atoms with Crippen LogP contribution in [0.15, 0.2) is 0 Å². The van der Waals surface area contributed by atoms with Crippen LogP contribution in [-0.2, 0) is 23.9 Å². The number of esters is 2. The minimum atomic E-state index is -0.461. The number of ether oxygens (including phenoxy) is 2. The summed E-state index contributed by atoms with van der Waals surface area (Å²) in [6.45, 7) is 4.12. The van der Waals surface area contributed by atoms with Gasteiger partial charge in [0, 0.05) is 13.0 Å². The third kappa shape index (κ3) is 3.72. The summed E-state index contributed by atoms with van der Waals surface area (Å²) in [6, 6.07) is 0. The molecule has 1 saturated heterocycles. The van der Waals surface area contributed by atoms with Crippen molar-refractivity contribution in [1.29, 1.82) is 0 Å². The van der Waals surface area contributed by atoms with Crippen molar-refractivity contribution >= 4 is 17.8 Å². The summed E-state index contributed by atoms with van der Waals surface area (Å²) in [5, 5.41) is 0. The second-order valence-electron chi connectivity index (χ2n) is 3.73. The lowest BCUT2D eigenvalue weighted by molar-refractivity contribution is -0.149. The molecule has 6 nitrogen and oxygen atoms in total. The van der Waals surface area contributed by atoms with Gasteiger partial charge in [-0.25, -0.2) is 0 Å². The van der Waals surface area contributed by atoms with Crippen LogP contribution in [0.2, 0.25) is 0 Å². The number of amides is 1. The summed E-state index contributed by atoms with van der Waals surface area (Å²) in [7, 11) is 0. The number of hydrogen-bond acceptors (Lipinski definition) is 5. The largest absolute Gasteiger partial charge is 0.466 e. The van der Waals surface area contributed by atoms with E-state index in [2.05, 4.69) is 0 Å². The SMILES string of the molecule is CCOC(=O)CN1CC(C(=O)OCC)CC1=O. The van der Waals surface area contributed by atoms with E-state index in [4.69, 9.17) is 9.47 Å². The van der Waals surface area contributed by atoms with Gasteiger partial charge in [0.05, 0.1) is 19.1 Å². The molecule has 0 radical (unpaired) electrons. The van der Waals surface area contributed by atoms with E-state index in [1.54, 1.807) is 13.8 Å². The van der Waals surface area contributed by atoms with Crippen LogP contribution in [0.1, 0.15) is 20.3 Å². The molecule has 0 spiro atoms. The molecule has 0 aromatic heterocycles. The molecule has 1 aliphatic rings. The van der Waals surface area contributed by atoms with Gasteiger partial charge in [0.2, 0.25) is 5.91 Å². The van der Waals surface area contributed by atoms with E-state index in [-0.39, 0.29) is 38.0 Å². The minimum Gasteiger partial charge on any atom is -0.466 e. The van der Waals surface area contributed by atoms with Gasteiger partial charge in [-0.05, 0) is 13.8 Å². The number of carbonyl (C=O) groups is 3. The van der Waals surface area contributed by atoms with Gasteiger partial charge in [0.25, 0.3) is 0 Å². The van der Waals surface area contributed by atoms with E-state index in [1.165, 1.54) is 4.90 Å². The summed E-state index contributed by atoms with van der Waals surface area (Å²) in [5.41, 5.74) is 0. The molecule has 0 aromatic carbocycles. The summed E-state index contributed by atoms with van der Waals surface area (Å²) in [4.78, 5) is 35.5. The van der Waals surface area contributed by atoms with Crippen LogP contribution < -0.4 is 0 Å². The van der Waals surface area contributed by atoms with E-state index >= 15 is 0 Å². The molecule has 0 N–H and O–H groups in total. The van der Waals surface area contributed by atoms with Gasteiger partial charge in [-0.15, -0.1) is 0 Å². The third-order valence-electron chi connectivity index (χ3n) is 2.46. The highest BCUT2D eigenvalue weighted by Crippen LogP contribution is 2.18. The number of likely N-dealkylation sites (tertiary alicyclic amines) is 1. The molecule has 17 heavy (non-hydrogen) atoms. The highest BCUT2D eigenvalue weighted by molar-refractivity contribution is 5.89. The van der Waals surface area contributed by atoms with Crippen LogP contribution in [0.4, 0.5) is 0 Å². The van der Waals surface area contributed by atoms with Gasteiger partial charge in [0.1, 0.15) is 6.54 Å². The number of nitrogens with zero attached hydrogens (tertiary/aromatic N) is 1. The lowest BCUT2D eigenvalue weighted by Gasteiger charge is -2.14. The minimum absolute atomic E-state index is 0.0947. The van der Waals surface area contributed by atoms with Gasteiger partial charge in [-0.3, -0.25) is 14.4 Å². The molecule has 0 aromatic rings. The van der Waals surface area contributed by atoms with E-state index in [9.17, 15) is 14.4 Å². The Morgan fingerprint density at radius 1 is 1.29 bits per heavy atom. The molecule has 6 heteroatoms. The number of hydrogen-bond donors (Lipinski definition) is 0. The van der Waals surface area contributed by atoms with Crippen LogP contribution in [-0.4, -0.2) is 49.0 Å². The van der Waals surface area contributed by atoms with Crippen LogP contribution in [0.5, 0.6) is 0 Å². The highest BCUT2D eigenvalue weighted by atomic mass is 16.5. The van der Waals surface area contributed by atoms with Crippen LogP contribution in [0, 0.1) is 5.92 Å². The van der Waals surface area contributed by atoms with Crippen LogP contribution in [0.3, 0.4) is 0 Å². The Labute approximate surface area is 99.9 Å². The topological polar surface area (TPSA) is 72.9 Å². The van der Waals surface area contributed by atoms with Gasteiger partial charge in [0.15, 0.2) is 0 Å². The van der Waals surface area contributed by atoms with Crippen molar-refractivity contribution in [1.82, 2.24) is 4.90 Å². The van der Waals surface area contributed by atoms with Crippen molar-refractivity contribution in [3.8, 4) is 0 Å². The Hall–Kier alpha value is -1.59. The van der Waals surface area contributed by atoms with Crippen LogP contribution in [0.25, 0.3) is 0 Å². The van der Waals surface area contributed by atoms with Crippen molar-refractivity contribution in [2.45, 2.75) is 20.3 Å². The van der Waals surface area contributed by atoms with Gasteiger partial charge < -0.3 is 14.4 Å². The van der Waals surface area contributed by atoms with Crippen LogP contribution >= 0.6 is 0 Å². The van der Waals surface area contributed by atoms with Crippen molar-refractivity contribution in [2.75, 3.05) is 26.3 Å². The smallest absolute Gasteiger partial charge is 0.325 e. The van der Waals surface area contributed by atoms with Crippen molar-refractivity contribution < 1.29 is 23.9 Å². The standard InChI is InChI=1S/C11H17NO5/c1-3-16-10(14)7-12-6-8(5-9(12)13)11(15)17-4-2/h8H,3-7H2,1-2H3. The maximum atomic E-state index is 11.5. The molecule has 1 fully saturated rings. The molecular weight excluding hydrogens is 226 g/mol. The summed E-state index contributed by atoms with van der Waals surface area (Å²) < 4.78 is 9.59. The normalized spacial score (nSPS) is 19.3. The van der Waals surface area contributed by atoms with E-state index in [1.807, 2.05) is 0 Å². The van der Waals surface area contributed by atoms with E-state index < -0.39 is 11.9 Å². The fourth-order valence-corrected chi connectivity index (χ4v) is 1.71. The summed E-state index contributed by atoms with van der Waals surface area (Å²) in [5.74, 6) is -1.51. The quantitative estimate of drug-likeness (QED) is 0.633. The average molecular weight is 243 g/mol. The summed E-state index contributed by atoms with van der Waals surface area (Å²) in [6.07, 6.45) is 0.109. The van der Waals surface area contributed by atoms with E-state index in [0.717, 1.165) is 0 Å². The molecule has 96 valence electrons. The second-order valence-corrected chi connectivity index (χ2v) is 3.73. The molecule has 1 aliphatic heterocycles. The third-order valence-corrected chi connectivity index (χ3v) is 2.46. The zero-order chi connectivity index (χ0) is 12.8. The average Bonchev–Trinajstić information content (AvgIpc) is 2.61. The molecular formula is C11H17NO5. The Morgan fingerprint density at radius 2 is 1.94 bits per heavy atom. The predicted octanol–water partition coefficient (Wildman–Crippen LogP) is -0.0389. The first kappa shape index (κ1) is 13.5. The lowest BCUT2D eigenvalue weighted by atomic mass is 10.1. The summed E-state index contributed by atoms with van der Waals surface area (Å²) >= 11 is 0. The Bertz CT molecular complexity index is 315. The molecule has 0 aliphatic carbocycles. The zero-order valence-electron chi connectivity index (χ0n) is 10.1. The van der Waals surface area contributed by atoms with Gasteiger partial charge in [-0.1, -0.05) is 0 Å². The molecule has 1 heterocycles. The Kier molecular flexibility index (Phi) is 4.93. The molecule has 1 amide bonds. The first-order valence-electron chi connectivity index (χ1n) is 5.68. The Balaban J connectivity index is 2.47. The van der Waals surface area contributed by atoms with Gasteiger partial charge in [-0.2, -0.15) is 0 Å². The first-order chi connectivity index (χ1) is 8.08. The molecule has 1 unspecified atom stereocenters. The fraction of sp³-hybridized carbons (Fsp3) is 0.727. The molecule has 0 bridgehead atoms. The molecule has 0 saturated carbocycles. The second kappa shape index (κ2) is 6.22. The number of rotatable bonds is 5. The first-order valence-corrected chi connectivity index (χ1v) is 5.68. The maximum Gasteiger partial charge on any atom is 0.325 e. The van der Waals surface area contributed by atoms with Gasteiger partial charge >= 0.3 is 11.9 Å². The highest BCUT2D eigenvalue weighted by Gasteiger charge is 2.36. The number of carbonyl (C=O) groups excluding carboxylic acids is 3. The monoisotopic (exact) mass is 243 g/mol. The van der Waals surface area contributed by atoms with Crippen molar-refractivity contribution in [3.63, 3.8) is 0 Å². The van der Waals surface area contributed by atoms with Crippen molar-refractivity contribution in [3.05, 3.63) is 0 Å². The molecule has 1 atom stereocenters. The zero-order valence-corrected chi connectivity index (χ0v) is 10.1. The van der Waals surface area contributed by atoms with E-state index in [0.29, 0.717) is 6.61 Å². The fourth-order valence-electron chi connectivity index (χ4n) is 1.71. The maximum absolute atomic E-state index is 11.5. The Morgan fingerprint density at radius 3 is 2.53 bits per heavy atom. The lowest BCUT2D eigenvalue weighted by Crippen LogP contribution is -2.33. The predicted molar refractivity (Wildman–Crippen MR) is 58.0 cm³/mol. The van der Waals surface area contributed by atoms with Crippen molar-refractivity contribution in [2.24, 2.45) is 5.92 Å². The molecule has 1 rings (SSSR count).